The second-order valence-electron chi connectivity index (χ2n) is 8.37. The molecular formula is C23H33N3O7S. The van der Waals surface area contributed by atoms with Gasteiger partial charge < -0.3 is 30.1 Å². The van der Waals surface area contributed by atoms with Crippen LogP contribution in [-0.4, -0.2) is 71.5 Å². The summed E-state index contributed by atoms with van der Waals surface area (Å²) in [4.78, 5) is 51.6. The number of ether oxygens (including phenoxy) is 2. The molecule has 0 aliphatic heterocycles. The zero-order valence-electron chi connectivity index (χ0n) is 20.1. The molecule has 0 fully saturated rings. The minimum Gasteiger partial charge on any atom is -0.507 e. The number of phenols is 1. The molecule has 3 amide bonds. The molecule has 0 saturated carbocycles. The Labute approximate surface area is 205 Å². The van der Waals surface area contributed by atoms with E-state index in [-0.39, 0.29) is 23.6 Å². The standard InChI is InChI=1S/C23H33N3O7S/c1-7-11-26(21(30)16(13-34)25-22(31)33-23(3,4)5)18(20(29)24-12-17(27)32-6)15-10-8-9-14(2)19(15)28/h7-10,16,18,28,34H,1,11-13H2,2-6H3,(H,24,29)(H,25,31). The van der Waals surface area contributed by atoms with Crippen LogP contribution >= 0.6 is 12.6 Å². The Morgan fingerprint density at radius 1 is 1.26 bits per heavy atom. The zero-order valence-corrected chi connectivity index (χ0v) is 21.0. The molecule has 0 radical (unpaired) electrons. The summed E-state index contributed by atoms with van der Waals surface area (Å²) < 4.78 is 9.77. The summed E-state index contributed by atoms with van der Waals surface area (Å²) in [6.07, 6.45) is 0.567. The summed E-state index contributed by atoms with van der Waals surface area (Å²) in [5.74, 6) is -2.38. The summed E-state index contributed by atoms with van der Waals surface area (Å²) in [6, 6.07) is 2.25. The predicted octanol–water partition coefficient (Wildman–Crippen LogP) is 1.87. The molecule has 1 aromatic rings. The van der Waals surface area contributed by atoms with E-state index in [4.69, 9.17) is 4.74 Å². The summed E-state index contributed by atoms with van der Waals surface area (Å²) in [5.41, 5.74) is -0.182. The monoisotopic (exact) mass is 495 g/mol. The van der Waals surface area contributed by atoms with E-state index in [9.17, 15) is 24.3 Å². The first-order chi connectivity index (χ1) is 15.9. The molecule has 0 aliphatic rings. The third-order valence-corrected chi connectivity index (χ3v) is 4.90. The Balaban J connectivity index is 3.41. The lowest BCUT2D eigenvalue weighted by Crippen LogP contribution is -2.54. The van der Waals surface area contributed by atoms with Gasteiger partial charge in [-0.05, 0) is 33.3 Å². The summed E-state index contributed by atoms with van der Waals surface area (Å²) in [6.45, 7) is 9.77. The number of para-hydroxylation sites is 1. The maximum atomic E-state index is 13.5. The predicted molar refractivity (Wildman–Crippen MR) is 130 cm³/mol. The molecule has 2 atom stereocenters. The molecule has 0 saturated heterocycles. The average Bonchev–Trinajstić information content (AvgIpc) is 2.76. The van der Waals surface area contributed by atoms with Crippen LogP contribution in [0.4, 0.5) is 4.79 Å². The van der Waals surface area contributed by atoms with Crippen molar-refractivity contribution in [1.82, 2.24) is 15.5 Å². The number of hydrogen-bond acceptors (Lipinski definition) is 8. The van der Waals surface area contributed by atoms with Gasteiger partial charge in [0.2, 0.25) is 11.8 Å². The van der Waals surface area contributed by atoms with Crippen molar-refractivity contribution in [2.75, 3.05) is 26.0 Å². The highest BCUT2D eigenvalue weighted by atomic mass is 32.1. The number of rotatable bonds is 10. The van der Waals surface area contributed by atoms with Crippen LogP contribution in [0.25, 0.3) is 0 Å². The first-order valence-electron chi connectivity index (χ1n) is 10.5. The maximum Gasteiger partial charge on any atom is 0.408 e. The fourth-order valence-corrected chi connectivity index (χ4v) is 3.23. The van der Waals surface area contributed by atoms with Gasteiger partial charge in [0.15, 0.2) is 0 Å². The van der Waals surface area contributed by atoms with Crippen molar-refractivity contribution in [2.45, 2.75) is 45.4 Å². The zero-order chi connectivity index (χ0) is 26.1. The third-order valence-electron chi connectivity index (χ3n) is 4.54. The average molecular weight is 496 g/mol. The van der Waals surface area contributed by atoms with Gasteiger partial charge in [-0.1, -0.05) is 24.3 Å². The van der Waals surface area contributed by atoms with Crippen LogP contribution in [0.1, 0.15) is 37.9 Å². The number of benzene rings is 1. The fraction of sp³-hybridized carbons (Fsp3) is 0.478. The number of amides is 3. The number of aryl methyl sites for hydroxylation is 1. The Bertz CT molecular complexity index is 914. The Hall–Kier alpha value is -3.21. The number of nitrogens with zero attached hydrogens (tertiary/aromatic N) is 1. The second-order valence-corrected chi connectivity index (χ2v) is 8.74. The number of hydrogen-bond donors (Lipinski definition) is 4. The third kappa shape index (κ3) is 8.29. The number of esters is 1. The van der Waals surface area contributed by atoms with Gasteiger partial charge in [0.1, 0.15) is 30.0 Å². The molecule has 11 heteroatoms. The molecule has 1 aromatic carbocycles. The molecule has 0 bridgehead atoms. The van der Waals surface area contributed by atoms with Crippen LogP contribution in [0.15, 0.2) is 30.9 Å². The highest BCUT2D eigenvalue weighted by Gasteiger charge is 2.37. The highest BCUT2D eigenvalue weighted by molar-refractivity contribution is 7.80. The van der Waals surface area contributed by atoms with E-state index < -0.39 is 48.1 Å². The van der Waals surface area contributed by atoms with Crippen molar-refractivity contribution in [3.8, 4) is 5.75 Å². The molecular weight excluding hydrogens is 462 g/mol. The summed E-state index contributed by atoms with van der Waals surface area (Å²) >= 11 is 4.17. The van der Waals surface area contributed by atoms with E-state index in [0.29, 0.717) is 5.56 Å². The molecule has 34 heavy (non-hydrogen) atoms. The van der Waals surface area contributed by atoms with Crippen LogP contribution in [0.2, 0.25) is 0 Å². The minimum atomic E-state index is -1.35. The lowest BCUT2D eigenvalue weighted by atomic mass is 9.99. The normalized spacial score (nSPS) is 12.6. The number of aromatic hydroxyl groups is 1. The quantitative estimate of drug-likeness (QED) is 0.221. The maximum absolute atomic E-state index is 13.5. The molecule has 2 unspecified atom stereocenters. The lowest BCUT2D eigenvalue weighted by molar-refractivity contribution is -0.144. The molecule has 1 rings (SSSR count). The lowest BCUT2D eigenvalue weighted by Gasteiger charge is -2.33. The van der Waals surface area contributed by atoms with Crippen LogP contribution in [0.5, 0.6) is 5.75 Å². The van der Waals surface area contributed by atoms with Crippen LogP contribution < -0.4 is 10.6 Å². The topological polar surface area (TPSA) is 134 Å². The molecule has 188 valence electrons. The molecule has 0 heterocycles. The van der Waals surface area contributed by atoms with E-state index >= 15 is 0 Å². The van der Waals surface area contributed by atoms with Crippen molar-refractivity contribution in [1.29, 1.82) is 0 Å². The Kier molecular flexibility index (Phi) is 10.9. The van der Waals surface area contributed by atoms with Gasteiger partial charge in [-0.15, -0.1) is 6.58 Å². The van der Waals surface area contributed by atoms with Crippen LogP contribution in [0.3, 0.4) is 0 Å². The van der Waals surface area contributed by atoms with E-state index in [1.165, 1.54) is 19.3 Å². The second kappa shape index (κ2) is 12.9. The Morgan fingerprint density at radius 3 is 2.44 bits per heavy atom. The fourth-order valence-electron chi connectivity index (χ4n) is 2.98. The van der Waals surface area contributed by atoms with Gasteiger partial charge in [-0.3, -0.25) is 14.4 Å². The van der Waals surface area contributed by atoms with Crippen molar-refractivity contribution in [3.05, 3.63) is 42.0 Å². The van der Waals surface area contributed by atoms with Crippen LogP contribution in [0, 0.1) is 6.92 Å². The van der Waals surface area contributed by atoms with Crippen molar-refractivity contribution < 1.29 is 33.8 Å². The molecule has 0 aromatic heterocycles. The van der Waals surface area contributed by atoms with Gasteiger partial charge >= 0.3 is 12.1 Å². The SMILES string of the molecule is C=CCN(C(=O)C(CS)NC(=O)OC(C)(C)C)C(C(=O)NCC(=O)OC)c1cccc(C)c1O. The number of carbonyl (C=O) groups excluding carboxylic acids is 4. The van der Waals surface area contributed by atoms with Gasteiger partial charge in [-0.2, -0.15) is 12.6 Å². The number of carbonyl (C=O) groups is 4. The molecule has 3 N–H and O–H groups in total. The summed E-state index contributed by atoms with van der Waals surface area (Å²) in [7, 11) is 1.17. The van der Waals surface area contributed by atoms with Crippen LogP contribution in [-0.2, 0) is 23.9 Å². The van der Waals surface area contributed by atoms with E-state index in [0.717, 1.165) is 4.90 Å². The molecule has 0 aliphatic carbocycles. The van der Waals surface area contributed by atoms with Crippen molar-refractivity contribution in [3.63, 3.8) is 0 Å². The minimum absolute atomic E-state index is 0.0952. The van der Waals surface area contributed by atoms with Gasteiger partial charge in [0.25, 0.3) is 0 Å². The largest absolute Gasteiger partial charge is 0.507 e. The smallest absolute Gasteiger partial charge is 0.408 e. The first-order valence-corrected chi connectivity index (χ1v) is 11.1. The van der Waals surface area contributed by atoms with Crippen molar-refractivity contribution in [2.24, 2.45) is 0 Å². The number of methoxy groups -OCH3 is 1. The first kappa shape index (κ1) is 28.8. The van der Waals surface area contributed by atoms with E-state index in [1.807, 2.05) is 0 Å². The Morgan fingerprint density at radius 2 is 1.91 bits per heavy atom. The van der Waals surface area contributed by atoms with E-state index in [1.54, 1.807) is 39.8 Å². The highest BCUT2D eigenvalue weighted by Crippen LogP contribution is 2.32. The number of nitrogens with one attached hydrogen (secondary N) is 2. The summed E-state index contributed by atoms with van der Waals surface area (Å²) in [5, 5.41) is 15.5. The number of thiol groups is 1. The number of phenolic OH excluding ortho intramolecular Hbond substituents is 1. The molecule has 0 spiro atoms. The van der Waals surface area contributed by atoms with Gasteiger partial charge in [0.05, 0.1) is 7.11 Å². The van der Waals surface area contributed by atoms with Gasteiger partial charge in [0, 0.05) is 17.9 Å². The number of alkyl carbamates (subject to hydrolysis) is 1. The molecule has 10 nitrogen and oxygen atoms in total. The van der Waals surface area contributed by atoms with Crippen molar-refractivity contribution >= 4 is 36.5 Å². The van der Waals surface area contributed by atoms with Gasteiger partial charge in [-0.25, -0.2) is 4.79 Å². The van der Waals surface area contributed by atoms with E-state index in [2.05, 4.69) is 34.6 Å².